The molecule has 4 rings (SSSR count). The van der Waals surface area contributed by atoms with Crippen molar-refractivity contribution >= 4 is 18.0 Å². The van der Waals surface area contributed by atoms with Gasteiger partial charge in [-0.2, -0.15) is 0 Å². The van der Waals surface area contributed by atoms with Crippen LogP contribution in [0.25, 0.3) is 11.1 Å². The lowest BCUT2D eigenvalue weighted by Crippen LogP contribution is -2.37. The molecule has 2 aliphatic carbocycles. The van der Waals surface area contributed by atoms with E-state index in [1.807, 2.05) is 36.4 Å². The van der Waals surface area contributed by atoms with Gasteiger partial charge in [0, 0.05) is 24.9 Å². The third-order valence-electron chi connectivity index (χ3n) is 6.72. The average Bonchev–Trinajstić information content (AvgIpc) is 3.18. The Kier molecular flexibility index (Phi) is 8.19. The zero-order valence-electron chi connectivity index (χ0n) is 19.7. The van der Waals surface area contributed by atoms with Crippen molar-refractivity contribution in [2.45, 2.75) is 50.5 Å². The summed E-state index contributed by atoms with van der Waals surface area (Å²) in [4.78, 5) is 35.5. The molecular weight excluding hydrogens is 444 g/mol. The summed E-state index contributed by atoms with van der Waals surface area (Å²) in [7, 11) is 0. The maximum absolute atomic E-state index is 12.2. The first-order chi connectivity index (χ1) is 17.0. The second kappa shape index (κ2) is 11.7. The van der Waals surface area contributed by atoms with Crippen LogP contribution >= 0.6 is 0 Å². The van der Waals surface area contributed by atoms with Crippen molar-refractivity contribution in [1.82, 2.24) is 10.6 Å². The third-order valence-corrected chi connectivity index (χ3v) is 6.72. The van der Waals surface area contributed by atoms with Gasteiger partial charge in [0.15, 0.2) is 0 Å². The summed E-state index contributed by atoms with van der Waals surface area (Å²) < 4.78 is 5.53. The summed E-state index contributed by atoms with van der Waals surface area (Å²) in [6.45, 7) is 0.780. The van der Waals surface area contributed by atoms with Gasteiger partial charge in [-0.25, -0.2) is 4.79 Å². The van der Waals surface area contributed by atoms with Crippen LogP contribution in [-0.2, 0) is 14.3 Å². The fourth-order valence-corrected chi connectivity index (χ4v) is 4.90. The van der Waals surface area contributed by atoms with Crippen molar-refractivity contribution in [2.75, 3.05) is 13.2 Å². The topological polar surface area (TPSA) is 105 Å². The highest BCUT2D eigenvalue weighted by molar-refractivity contribution is 5.79. The van der Waals surface area contributed by atoms with E-state index < -0.39 is 18.0 Å². The van der Waals surface area contributed by atoms with Crippen molar-refractivity contribution in [1.29, 1.82) is 0 Å². The van der Waals surface area contributed by atoms with Gasteiger partial charge in [-0.15, -0.1) is 0 Å². The number of allylic oxidation sites excluding steroid dienone is 1. The minimum absolute atomic E-state index is 0.0384. The van der Waals surface area contributed by atoms with Gasteiger partial charge in [0.2, 0.25) is 5.91 Å². The molecular formula is C28H32N2O5. The van der Waals surface area contributed by atoms with E-state index in [1.54, 1.807) is 0 Å². The van der Waals surface area contributed by atoms with Gasteiger partial charge >= 0.3 is 12.1 Å². The van der Waals surface area contributed by atoms with E-state index in [0.717, 1.165) is 12.8 Å². The van der Waals surface area contributed by atoms with Gasteiger partial charge in [-0.05, 0) is 47.9 Å². The molecule has 35 heavy (non-hydrogen) atoms. The SMILES string of the molecule is O=C(CCCCCNC(=O)OCC1c2ccccc2-c2ccccc21)N[C@@H]1C=CC[C@@H](C(=O)O)C1. The van der Waals surface area contributed by atoms with E-state index in [2.05, 4.69) is 34.9 Å². The Labute approximate surface area is 205 Å². The molecule has 7 nitrogen and oxygen atoms in total. The van der Waals surface area contributed by atoms with Crippen molar-refractivity contribution in [3.05, 3.63) is 71.8 Å². The van der Waals surface area contributed by atoms with Crippen LogP contribution in [0.1, 0.15) is 55.6 Å². The lowest BCUT2D eigenvalue weighted by molar-refractivity contribution is -0.142. The number of rotatable bonds is 10. The fraction of sp³-hybridized carbons (Fsp3) is 0.393. The van der Waals surface area contributed by atoms with Crippen molar-refractivity contribution in [3.63, 3.8) is 0 Å². The molecule has 0 fully saturated rings. The number of hydrogen-bond acceptors (Lipinski definition) is 4. The molecule has 0 bridgehead atoms. The maximum atomic E-state index is 12.2. The molecule has 0 radical (unpaired) electrons. The first-order valence-electron chi connectivity index (χ1n) is 12.3. The number of amides is 2. The van der Waals surface area contributed by atoms with E-state index >= 15 is 0 Å². The van der Waals surface area contributed by atoms with Crippen molar-refractivity contribution in [3.8, 4) is 11.1 Å². The zero-order valence-corrected chi connectivity index (χ0v) is 19.7. The number of benzene rings is 2. The largest absolute Gasteiger partial charge is 0.481 e. The van der Waals surface area contributed by atoms with Crippen LogP contribution in [0.15, 0.2) is 60.7 Å². The highest BCUT2D eigenvalue weighted by Crippen LogP contribution is 2.44. The number of carboxylic acids is 1. The first kappa shape index (κ1) is 24.5. The molecule has 7 heteroatoms. The number of ether oxygens (including phenoxy) is 1. The molecule has 0 heterocycles. The van der Waals surface area contributed by atoms with Gasteiger partial charge in [-0.3, -0.25) is 9.59 Å². The predicted octanol–water partition coefficient (Wildman–Crippen LogP) is 4.62. The summed E-state index contributed by atoms with van der Waals surface area (Å²) in [5.41, 5.74) is 4.76. The zero-order chi connectivity index (χ0) is 24.6. The predicted molar refractivity (Wildman–Crippen MR) is 133 cm³/mol. The third kappa shape index (κ3) is 6.29. The summed E-state index contributed by atoms with van der Waals surface area (Å²) in [5.74, 6) is -1.29. The molecule has 0 saturated heterocycles. The number of unbranched alkanes of at least 4 members (excludes halogenated alkanes) is 2. The van der Waals surface area contributed by atoms with Gasteiger partial charge in [0.05, 0.1) is 5.92 Å². The first-order valence-corrected chi connectivity index (χ1v) is 12.3. The van der Waals surface area contributed by atoms with Crippen LogP contribution in [0.5, 0.6) is 0 Å². The van der Waals surface area contributed by atoms with Crippen LogP contribution in [0.2, 0.25) is 0 Å². The maximum Gasteiger partial charge on any atom is 0.407 e. The number of fused-ring (bicyclic) bond motifs is 3. The number of alkyl carbamates (subject to hydrolysis) is 1. The van der Waals surface area contributed by atoms with Gasteiger partial charge < -0.3 is 20.5 Å². The molecule has 0 unspecified atom stereocenters. The molecule has 0 saturated carbocycles. The smallest absolute Gasteiger partial charge is 0.407 e. The van der Waals surface area contributed by atoms with E-state index in [1.165, 1.54) is 22.3 Å². The Morgan fingerprint density at radius 1 is 0.943 bits per heavy atom. The Hall–Kier alpha value is -3.61. The van der Waals surface area contributed by atoms with Crippen LogP contribution in [0.3, 0.4) is 0 Å². The molecule has 2 aromatic rings. The lowest BCUT2D eigenvalue weighted by atomic mass is 9.91. The Bertz CT molecular complexity index is 1050. The molecule has 184 valence electrons. The number of aliphatic carboxylic acids is 1. The number of hydrogen-bond donors (Lipinski definition) is 3. The monoisotopic (exact) mass is 476 g/mol. The molecule has 0 aliphatic heterocycles. The van der Waals surface area contributed by atoms with Crippen molar-refractivity contribution in [2.24, 2.45) is 5.92 Å². The van der Waals surface area contributed by atoms with E-state index in [9.17, 15) is 14.4 Å². The molecule has 2 atom stereocenters. The molecule has 2 aliphatic rings. The molecule has 2 aromatic carbocycles. The normalized spacial score (nSPS) is 18.4. The quantitative estimate of drug-likeness (QED) is 0.343. The van der Waals surface area contributed by atoms with Gasteiger partial charge in [0.25, 0.3) is 0 Å². The summed E-state index contributed by atoms with van der Waals surface area (Å²) in [6.07, 6.45) is 6.85. The number of nitrogens with one attached hydrogen (secondary N) is 2. The standard InChI is InChI=1S/C28H32N2O5/c31-26(30-20-10-8-9-19(17-20)27(32)33)15-2-1-7-16-29-28(34)35-18-25-23-13-5-3-11-21(23)22-12-4-6-14-24(22)25/h3-6,8,10-14,19-20,25H,1-2,7,9,15-18H2,(H,29,34)(H,30,31)(H,32,33)/t19-,20-/m1/s1. The Morgan fingerprint density at radius 3 is 2.31 bits per heavy atom. The van der Waals surface area contributed by atoms with E-state index in [-0.39, 0.29) is 17.9 Å². The van der Waals surface area contributed by atoms with Gasteiger partial charge in [-0.1, -0.05) is 67.1 Å². The number of carboxylic acid groups (broad SMARTS) is 1. The Balaban J connectivity index is 1.11. The second-order valence-corrected chi connectivity index (χ2v) is 9.17. The Morgan fingerprint density at radius 2 is 1.63 bits per heavy atom. The summed E-state index contributed by atoms with van der Waals surface area (Å²) >= 11 is 0. The fourth-order valence-electron chi connectivity index (χ4n) is 4.90. The number of carbonyl (C=O) groups excluding carboxylic acids is 2. The molecule has 0 aromatic heterocycles. The van der Waals surface area contributed by atoms with Crippen LogP contribution in [0.4, 0.5) is 4.79 Å². The second-order valence-electron chi connectivity index (χ2n) is 9.17. The highest BCUT2D eigenvalue weighted by atomic mass is 16.5. The summed E-state index contributed by atoms with van der Waals surface area (Å²) in [5, 5.41) is 14.8. The van der Waals surface area contributed by atoms with Gasteiger partial charge in [0.1, 0.15) is 6.61 Å². The van der Waals surface area contributed by atoms with Crippen LogP contribution in [0, 0.1) is 5.92 Å². The highest BCUT2D eigenvalue weighted by Gasteiger charge is 2.29. The molecule has 0 spiro atoms. The minimum Gasteiger partial charge on any atom is -0.481 e. The lowest BCUT2D eigenvalue weighted by Gasteiger charge is -2.22. The van der Waals surface area contributed by atoms with E-state index in [4.69, 9.17) is 9.84 Å². The van der Waals surface area contributed by atoms with Crippen LogP contribution in [-0.4, -0.2) is 42.3 Å². The molecule has 3 N–H and O–H groups in total. The van der Waals surface area contributed by atoms with E-state index in [0.29, 0.717) is 38.8 Å². The summed E-state index contributed by atoms with van der Waals surface area (Å²) in [6, 6.07) is 16.2. The minimum atomic E-state index is -0.822. The number of carbonyl (C=O) groups is 3. The van der Waals surface area contributed by atoms with Crippen LogP contribution < -0.4 is 10.6 Å². The average molecular weight is 477 g/mol. The molecule has 2 amide bonds. The van der Waals surface area contributed by atoms with Crippen molar-refractivity contribution < 1.29 is 24.2 Å².